The number of hydrogen-bond acceptors (Lipinski definition) is 2. The van der Waals surface area contributed by atoms with Gasteiger partial charge in [-0.2, -0.15) is 0 Å². The Morgan fingerprint density at radius 1 is 0.944 bits per heavy atom. The Morgan fingerprint density at radius 2 is 1.61 bits per heavy atom. The van der Waals surface area contributed by atoms with Crippen molar-refractivity contribution < 1.29 is 4.74 Å². The molecule has 1 atom stereocenters. The van der Waals surface area contributed by atoms with Gasteiger partial charge in [-0.15, -0.1) is 0 Å². The quantitative estimate of drug-likeness (QED) is 0.653. The van der Waals surface area contributed by atoms with Crippen LogP contribution in [-0.2, 0) is 4.74 Å². The van der Waals surface area contributed by atoms with Gasteiger partial charge in [0.2, 0.25) is 0 Å². The van der Waals surface area contributed by atoms with Crippen LogP contribution in [0.3, 0.4) is 0 Å². The van der Waals surface area contributed by atoms with Crippen LogP contribution in [0.2, 0.25) is 0 Å². The summed E-state index contributed by atoms with van der Waals surface area (Å²) >= 11 is 0. The molecule has 0 bridgehead atoms. The molecular weight excluding hydrogens is 222 g/mol. The van der Waals surface area contributed by atoms with E-state index in [-0.39, 0.29) is 11.2 Å². The summed E-state index contributed by atoms with van der Waals surface area (Å²) in [6.45, 7) is 11.1. The number of unbranched alkanes of at least 4 members (excludes halogenated alkanes) is 4. The largest absolute Gasteiger partial charge is 0.366 e. The number of rotatable bonds is 8. The van der Waals surface area contributed by atoms with E-state index >= 15 is 0 Å². The molecule has 1 saturated heterocycles. The van der Waals surface area contributed by atoms with Gasteiger partial charge >= 0.3 is 0 Å². The van der Waals surface area contributed by atoms with Crippen molar-refractivity contribution in [1.82, 2.24) is 5.32 Å². The van der Waals surface area contributed by atoms with E-state index in [0.29, 0.717) is 0 Å². The van der Waals surface area contributed by atoms with Crippen molar-refractivity contribution in [2.45, 2.75) is 90.3 Å². The molecule has 2 heteroatoms. The van der Waals surface area contributed by atoms with Gasteiger partial charge in [0.15, 0.2) is 0 Å². The van der Waals surface area contributed by atoms with Crippen LogP contribution in [0.4, 0.5) is 0 Å². The van der Waals surface area contributed by atoms with Gasteiger partial charge in [0.05, 0.1) is 11.2 Å². The van der Waals surface area contributed by atoms with Crippen LogP contribution in [0.1, 0.15) is 79.1 Å². The molecule has 18 heavy (non-hydrogen) atoms. The average Bonchev–Trinajstić information content (AvgIpc) is 2.38. The summed E-state index contributed by atoms with van der Waals surface area (Å²) in [7, 11) is 0. The Hall–Kier alpha value is -0.0800. The SMILES string of the molecule is CCCCCCCC1(C)CNCC(CC)(CC)O1. The number of nitrogens with one attached hydrogen (secondary N) is 1. The smallest absolute Gasteiger partial charge is 0.0809 e. The Balaban J connectivity index is 2.37. The van der Waals surface area contributed by atoms with Crippen molar-refractivity contribution in [3.05, 3.63) is 0 Å². The maximum atomic E-state index is 6.50. The molecule has 1 N–H and O–H groups in total. The Bertz CT molecular complexity index is 225. The Labute approximate surface area is 114 Å². The van der Waals surface area contributed by atoms with E-state index in [4.69, 9.17) is 4.74 Å². The zero-order chi connectivity index (χ0) is 13.5. The van der Waals surface area contributed by atoms with Gasteiger partial charge in [-0.1, -0.05) is 52.9 Å². The van der Waals surface area contributed by atoms with Crippen LogP contribution < -0.4 is 5.32 Å². The first-order valence-corrected chi connectivity index (χ1v) is 8.00. The van der Waals surface area contributed by atoms with Crippen LogP contribution >= 0.6 is 0 Å². The fourth-order valence-electron chi connectivity index (χ4n) is 3.04. The Morgan fingerprint density at radius 3 is 2.22 bits per heavy atom. The molecule has 1 aliphatic rings. The van der Waals surface area contributed by atoms with E-state index in [1.807, 2.05) is 0 Å². The minimum absolute atomic E-state index is 0.0521. The third kappa shape index (κ3) is 4.55. The molecule has 0 spiro atoms. The fourth-order valence-corrected chi connectivity index (χ4v) is 3.04. The van der Waals surface area contributed by atoms with E-state index in [9.17, 15) is 0 Å². The maximum absolute atomic E-state index is 6.50. The van der Waals surface area contributed by atoms with Crippen LogP contribution in [-0.4, -0.2) is 24.3 Å². The lowest BCUT2D eigenvalue weighted by molar-refractivity contribution is -0.176. The van der Waals surface area contributed by atoms with Gasteiger partial charge in [0.1, 0.15) is 0 Å². The molecule has 1 rings (SSSR count). The van der Waals surface area contributed by atoms with E-state index in [1.165, 1.54) is 38.5 Å². The standard InChI is InChI=1S/C16H33NO/c1-5-8-9-10-11-12-15(4)13-17-14-16(6-2,7-3)18-15/h17H,5-14H2,1-4H3. The predicted molar refractivity (Wildman–Crippen MR) is 79.0 cm³/mol. The van der Waals surface area contributed by atoms with Crippen LogP contribution in [0.15, 0.2) is 0 Å². The first-order valence-electron chi connectivity index (χ1n) is 8.00. The van der Waals surface area contributed by atoms with Crippen molar-refractivity contribution in [2.75, 3.05) is 13.1 Å². The third-order valence-corrected chi connectivity index (χ3v) is 4.51. The van der Waals surface area contributed by atoms with Gasteiger partial charge in [-0.05, 0) is 26.2 Å². The minimum atomic E-state index is 0.0521. The summed E-state index contributed by atoms with van der Waals surface area (Å²) in [4.78, 5) is 0. The zero-order valence-corrected chi connectivity index (χ0v) is 13.0. The van der Waals surface area contributed by atoms with Crippen molar-refractivity contribution in [3.8, 4) is 0 Å². The van der Waals surface area contributed by atoms with Gasteiger partial charge in [-0.3, -0.25) is 0 Å². The Kier molecular flexibility index (Phi) is 6.65. The van der Waals surface area contributed by atoms with E-state index in [1.54, 1.807) is 0 Å². The summed E-state index contributed by atoms with van der Waals surface area (Å²) in [5.74, 6) is 0. The molecule has 1 aliphatic heterocycles. The minimum Gasteiger partial charge on any atom is -0.366 e. The number of hydrogen-bond donors (Lipinski definition) is 1. The van der Waals surface area contributed by atoms with Crippen LogP contribution in [0.5, 0.6) is 0 Å². The second-order valence-corrected chi connectivity index (χ2v) is 6.21. The first-order chi connectivity index (χ1) is 8.60. The molecule has 1 fully saturated rings. The van der Waals surface area contributed by atoms with Gasteiger partial charge < -0.3 is 10.1 Å². The van der Waals surface area contributed by atoms with E-state index < -0.39 is 0 Å². The van der Waals surface area contributed by atoms with E-state index in [2.05, 4.69) is 33.0 Å². The normalized spacial score (nSPS) is 27.3. The summed E-state index contributed by atoms with van der Waals surface area (Å²) < 4.78 is 6.50. The molecule has 0 aliphatic carbocycles. The molecule has 0 aromatic rings. The van der Waals surface area contributed by atoms with Gasteiger partial charge in [0.25, 0.3) is 0 Å². The highest BCUT2D eigenvalue weighted by Gasteiger charge is 2.40. The molecule has 1 heterocycles. The molecule has 0 aromatic heterocycles. The molecular formula is C16H33NO. The molecule has 2 nitrogen and oxygen atoms in total. The monoisotopic (exact) mass is 255 g/mol. The fraction of sp³-hybridized carbons (Fsp3) is 1.00. The lowest BCUT2D eigenvalue weighted by Gasteiger charge is -2.47. The van der Waals surface area contributed by atoms with Crippen LogP contribution in [0, 0.1) is 0 Å². The average molecular weight is 255 g/mol. The molecule has 0 saturated carbocycles. The zero-order valence-electron chi connectivity index (χ0n) is 13.0. The molecule has 0 aromatic carbocycles. The maximum Gasteiger partial charge on any atom is 0.0809 e. The lowest BCUT2D eigenvalue weighted by Crippen LogP contribution is -2.58. The van der Waals surface area contributed by atoms with E-state index in [0.717, 1.165) is 25.9 Å². The summed E-state index contributed by atoms with van der Waals surface area (Å²) in [6, 6.07) is 0. The number of morpholine rings is 1. The van der Waals surface area contributed by atoms with Crippen molar-refractivity contribution in [3.63, 3.8) is 0 Å². The summed E-state index contributed by atoms with van der Waals surface area (Å²) in [5.41, 5.74) is 0.132. The summed E-state index contributed by atoms with van der Waals surface area (Å²) in [6.07, 6.45) is 10.2. The highest BCUT2D eigenvalue weighted by molar-refractivity contribution is 4.93. The van der Waals surface area contributed by atoms with Crippen molar-refractivity contribution in [2.24, 2.45) is 0 Å². The highest BCUT2D eigenvalue weighted by atomic mass is 16.5. The van der Waals surface area contributed by atoms with Crippen molar-refractivity contribution in [1.29, 1.82) is 0 Å². The van der Waals surface area contributed by atoms with Crippen molar-refractivity contribution >= 4 is 0 Å². The topological polar surface area (TPSA) is 21.3 Å². The summed E-state index contributed by atoms with van der Waals surface area (Å²) in [5, 5.41) is 3.60. The molecule has 0 radical (unpaired) electrons. The molecule has 108 valence electrons. The first kappa shape index (κ1) is 16.0. The van der Waals surface area contributed by atoms with Crippen LogP contribution in [0.25, 0.3) is 0 Å². The van der Waals surface area contributed by atoms with Gasteiger partial charge in [-0.25, -0.2) is 0 Å². The molecule has 1 unspecified atom stereocenters. The van der Waals surface area contributed by atoms with Gasteiger partial charge in [0, 0.05) is 13.1 Å². The second-order valence-electron chi connectivity index (χ2n) is 6.21. The molecule has 0 amide bonds. The highest BCUT2D eigenvalue weighted by Crippen LogP contribution is 2.33. The second kappa shape index (κ2) is 7.49. The third-order valence-electron chi connectivity index (χ3n) is 4.51. The predicted octanol–water partition coefficient (Wildman–Crippen LogP) is 4.28. The lowest BCUT2D eigenvalue weighted by atomic mass is 9.89. The number of ether oxygens (including phenoxy) is 1.